The Bertz CT molecular complexity index is 973. The Balaban J connectivity index is 1.38. The summed E-state index contributed by atoms with van der Waals surface area (Å²) >= 11 is 0. The van der Waals surface area contributed by atoms with Crippen molar-refractivity contribution in [2.75, 3.05) is 39.2 Å². The summed E-state index contributed by atoms with van der Waals surface area (Å²) in [5.41, 5.74) is 1.42. The highest BCUT2D eigenvalue weighted by Gasteiger charge is 2.24. The largest absolute Gasteiger partial charge is 0.496 e. The zero-order valence-electron chi connectivity index (χ0n) is 18.9. The molecule has 1 aliphatic rings. The summed E-state index contributed by atoms with van der Waals surface area (Å²) < 4.78 is 10.5. The zero-order valence-corrected chi connectivity index (χ0v) is 18.9. The molecule has 0 spiro atoms. The number of benzene rings is 2. The number of hydrogen-bond donors (Lipinski definition) is 3. The van der Waals surface area contributed by atoms with E-state index in [-0.39, 0.29) is 18.5 Å². The first-order chi connectivity index (χ1) is 16.0. The van der Waals surface area contributed by atoms with Crippen LogP contribution in [0.4, 0.5) is 10.5 Å². The van der Waals surface area contributed by atoms with E-state index in [0.717, 1.165) is 18.4 Å². The standard InChI is InChI=1S/C24H30N4O5/c1-32-20-9-5-3-7-18(20)16-26-23(30)22(29)25-15-17-11-13-28(14-12-17)24(31)27-19-8-4-6-10-21(19)33-2/h3-10,17H,11-16H2,1-2H3,(H,25,29)(H,26,30)(H,27,31). The molecule has 9 nitrogen and oxygen atoms in total. The van der Waals surface area contributed by atoms with Gasteiger partial charge in [-0.15, -0.1) is 0 Å². The fourth-order valence-corrected chi connectivity index (χ4v) is 3.70. The molecule has 1 saturated heterocycles. The van der Waals surface area contributed by atoms with Crippen LogP contribution in [0.5, 0.6) is 11.5 Å². The number of ether oxygens (including phenoxy) is 2. The van der Waals surface area contributed by atoms with Gasteiger partial charge in [0.2, 0.25) is 0 Å². The van der Waals surface area contributed by atoms with Gasteiger partial charge in [0.05, 0.1) is 19.9 Å². The lowest BCUT2D eigenvalue weighted by molar-refractivity contribution is -0.139. The Morgan fingerprint density at radius 1 is 0.879 bits per heavy atom. The molecule has 0 bridgehead atoms. The molecule has 2 aromatic carbocycles. The molecule has 3 rings (SSSR count). The van der Waals surface area contributed by atoms with Crippen molar-refractivity contribution in [2.24, 2.45) is 5.92 Å². The van der Waals surface area contributed by atoms with Crippen LogP contribution in [0.1, 0.15) is 18.4 Å². The Morgan fingerprint density at radius 3 is 2.18 bits per heavy atom. The van der Waals surface area contributed by atoms with Crippen molar-refractivity contribution in [3.05, 3.63) is 54.1 Å². The number of para-hydroxylation sites is 3. The first kappa shape index (κ1) is 23.9. The number of likely N-dealkylation sites (tertiary alicyclic amines) is 1. The van der Waals surface area contributed by atoms with Gasteiger partial charge in [0.25, 0.3) is 0 Å². The fourth-order valence-electron chi connectivity index (χ4n) is 3.70. The van der Waals surface area contributed by atoms with E-state index in [9.17, 15) is 14.4 Å². The van der Waals surface area contributed by atoms with E-state index in [1.54, 1.807) is 37.3 Å². The molecule has 0 aromatic heterocycles. The minimum atomic E-state index is -0.686. The third-order valence-corrected chi connectivity index (χ3v) is 5.64. The van der Waals surface area contributed by atoms with Crippen LogP contribution in [0, 0.1) is 5.92 Å². The van der Waals surface area contributed by atoms with E-state index in [1.807, 2.05) is 30.3 Å². The van der Waals surface area contributed by atoms with E-state index in [0.29, 0.717) is 36.8 Å². The molecule has 2 aromatic rings. The zero-order chi connectivity index (χ0) is 23.6. The Labute approximate surface area is 193 Å². The number of methoxy groups -OCH3 is 2. The summed E-state index contributed by atoms with van der Waals surface area (Å²) in [7, 11) is 3.12. The maximum atomic E-state index is 12.6. The molecule has 0 radical (unpaired) electrons. The fraction of sp³-hybridized carbons (Fsp3) is 0.375. The Kier molecular flexibility index (Phi) is 8.51. The first-order valence-corrected chi connectivity index (χ1v) is 10.9. The van der Waals surface area contributed by atoms with Gasteiger partial charge in [-0.25, -0.2) is 4.79 Å². The van der Waals surface area contributed by atoms with Crippen LogP contribution < -0.4 is 25.4 Å². The number of carbonyl (C=O) groups excluding carboxylic acids is 3. The average molecular weight is 455 g/mol. The van der Waals surface area contributed by atoms with E-state index in [4.69, 9.17) is 9.47 Å². The van der Waals surface area contributed by atoms with Gasteiger partial charge in [-0.2, -0.15) is 0 Å². The van der Waals surface area contributed by atoms with E-state index in [2.05, 4.69) is 16.0 Å². The maximum Gasteiger partial charge on any atom is 0.321 e. The van der Waals surface area contributed by atoms with Gasteiger partial charge in [-0.3, -0.25) is 9.59 Å². The molecule has 0 saturated carbocycles. The Hall–Kier alpha value is -3.75. The van der Waals surface area contributed by atoms with Crippen molar-refractivity contribution < 1.29 is 23.9 Å². The van der Waals surface area contributed by atoms with Crippen molar-refractivity contribution >= 4 is 23.5 Å². The predicted octanol–water partition coefficient (Wildman–Crippen LogP) is 2.38. The lowest BCUT2D eigenvalue weighted by Crippen LogP contribution is -2.45. The molecule has 3 N–H and O–H groups in total. The summed E-state index contributed by atoms with van der Waals surface area (Å²) in [6.07, 6.45) is 1.48. The molecule has 4 amide bonds. The predicted molar refractivity (Wildman–Crippen MR) is 124 cm³/mol. The summed E-state index contributed by atoms with van der Waals surface area (Å²) in [5, 5.41) is 8.19. The lowest BCUT2D eigenvalue weighted by Gasteiger charge is -2.32. The number of nitrogens with zero attached hydrogens (tertiary/aromatic N) is 1. The molecular weight excluding hydrogens is 424 g/mol. The number of hydrogen-bond acceptors (Lipinski definition) is 5. The normalized spacial score (nSPS) is 13.7. The second-order valence-electron chi connectivity index (χ2n) is 7.77. The van der Waals surface area contributed by atoms with Gasteiger partial charge in [0.1, 0.15) is 11.5 Å². The molecule has 1 aliphatic heterocycles. The minimum Gasteiger partial charge on any atom is -0.496 e. The average Bonchev–Trinajstić information content (AvgIpc) is 2.86. The van der Waals surface area contributed by atoms with Gasteiger partial charge in [0, 0.05) is 31.7 Å². The van der Waals surface area contributed by atoms with Crippen LogP contribution >= 0.6 is 0 Å². The minimum absolute atomic E-state index is 0.183. The van der Waals surface area contributed by atoms with Crippen LogP contribution in [0.3, 0.4) is 0 Å². The highest BCUT2D eigenvalue weighted by molar-refractivity contribution is 6.35. The third-order valence-electron chi connectivity index (χ3n) is 5.64. The van der Waals surface area contributed by atoms with Gasteiger partial charge in [0.15, 0.2) is 0 Å². The van der Waals surface area contributed by atoms with Crippen LogP contribution in [0.25, 0.3) is 0 Å². The molecular formula is C24H30N4O5. The van der Waals surface area contributed by atoms with Crippen LogP contribution in [-0.4, -0.2) is 56.6 Å². The van der Waals surface area contributed by atoms with E-state index in [1.165, 1.54) is 0 Å². The molecule has 176 valence electrons. The molecule has 0 atom stereocenters. The lowest BCUT2D eigenvalue weighted by atomic mass is 9.97. The van der Waals surface area contributed by atoms with Crippen LogP contribution in [-0.2, 0) is 16.1 Å². The van der Waals surface area contributed by atoms with Crippen molar-refractivity contribution in [1.29, 1.82) is 0 Å². The summed E-state index contributed by atoms with van der Waals surface area (Å²) in [6.45, 7) is 1.74. The number of amides is 4. The van der Waals surface area contributed by atoms with Crippen LogP contribution in [0.15, 0.2) is 48.5 Å². The molecule has 9 heteroatoms. The van der Waals surface area contributed by atoms with E-state index < -0.39 is 11.8 Å². The second kappa shape index (κ2) is 11.8. The number of nitrogens with one attached hydrogen (secondary N) is 3. The quantitative estimate of drug-likeness (QED) is 0.557. The van der Waals surface area contributed by atoms with Crippen LogP contribution in [0.2, 0.25) is 0 Å². The Morgan fingerprint density at radius 2 is 1.48 bits per heavy atom. The van der Waals surface area contributed by atoms with Gasteiger partial charge in [-0.1, -0.05) is 30.3 Å². The smallest absolute Gasteiger partial charge is 0.321 e. The number of piperidine rings is 1. The molecule has 1 heterocycles. The highest BCUT2D eigenvalue weighted by Crippen LogP contribution is 2.24. The first-order valence-electron chi connectivity index (χ1n) is 10.9. The summed E-state index contributed by atoms with van der Waals surface area (Å²) in [4.78, 5) is 38.6. The number of carbonyl (C=O) groups is 3. The third kappa shape index (κ3) is 6.61. The van der Waals surface area contributed by atoms with Crippen molar-refractivity contribution in [1.82, 2.24) is 15.5 Å². The van der Waals surface area contributed by atoms with Crippen molar-refractivity contribution in [3.8, 4) is 11.5 Å². The second-order valence-corrected chi connectivity index (χ2v) is 7.77. The molecule has 33 heavy (non-hydrogen) atoms. The summed E-state index contributed by atoms with van der Waals surface area (Å²) in [5.74, 6) is 0.106. The van der Waals surface area contributed by atoms with Crippen molar-refractivity contribution in [2.45, 2.75) is 19.4 Å². The van der Waals surface area contributed by atoms with Gasteiger partial charge < -0.3 is 30.3 Å². The molecule has 1 fully saturated rings. The van der Waals surface area contributed by atoms with Gasteiger partial charge >= 0.3 is 17.8 Å². The number of rotatable bonds is 7. The molecule has 0 aliphatic carbocycles. The maximum absolute atomic E-state index is 12.6. The topological polar surface area (TPSA) is 109 Å². The summed E-state index contributed by atoms with van der Waals surface area (Å²) in [6, 6.07) is 14.4. The number of anilines is 1. The SMILES string of the molecule is COc1ccccc1CNC(=O)C(=O)NCC1CCN(C(=O)Nc2ccccc2OC)CC1. The van der Waals surface area contributed by atoms with E-state index >= 15 is 0 Å². The van der Waals surface area contributed by atoms with Gasteiger partial charge in [-0.05, 0) is 37.0 Å². The van der Waals surface area contributed by atoms with Crippen molar-refractivity contribution in [3.63, 3.8) is 0 Å². The highest BCUT2D eigenvalue weighted by atomic mass is 16.5. The number of urea groups is 1. The molecule has 0 unspecified atom stereocenters. The monoisotopic (exact) mass is 454 g/mol.